The maximum absolute atomic E-state index is 10.6. The molecule has 0 aliphatic heterocycles. The topological polar surface area (TPSA) is 121 Å². The first-order valence-electron chi connectivity index (χ1n) is 8.45. The van der Waals surface area contributed by atoms with Crippen LogP contribution >= 0.6 is 0 Å². The van der Waals surface area contributed by atoms with Crippen LogP contribution in [0.5, 0.6) is 0 Å². The molecule has 0 aromatic heterocycles. The molecule has 128 valence electrons. The summed E-state index contributed by atoms with van der Waals surface area (Å²) < 4.78 is 0. The van der Waals surface area contributed by atoms with Crippen LogP contribution < -0.4 is 0 Å². The van der Waals surface area contributed by atoms with Crippen LogP contribution in [-0.2, 0) is 0 Å². The summed E-state index contributed by atoms with van der Waals surface area (Å²) in [7, 11) is 0. The van der Waals surface area contributed by atoms with Gasteiger partial charge in [0.25, 0.3) is 0 Å². The molecule has 0 heterocycles. The van der Waals surface area contributed by atoms with Gasteiger partial charge in [-0.3, -0.25) is 0 Å². The predicted octanol–water partition coefficient (Wildman–Crippen LogP) is -1.15. The van der Waals surface area contributed by atoms with Gasteiger partial charge in [-0.25, -0.2) is 0 Å². The third kappa shape index (κ3) is 2.41. The van der Waals surface area contributed by atoms with Gasteiger partial charge in [-0.2, -0.15) is 0 Å². The summed E-state index contributed by atoms with van der Waals surface area (Å²) in [6.45, 7) is 1.99. The Hall–Kier alpha value is -0.240. The van der Waals surface area contributed by atoms with E-state index in [2.05, 4.69) is 0 Å². The number of fused-ring (bicyclic) bond motifs is 2. The molecule has 0 saturated heterocycles. The van der Waals surface area contributed by atoms with Gasteiger partial charge >= 0.3 is 0 Å². The number of hydrogen-bond donors (Lipinski definition) is 6. The Kier molecular flexibility index (Phi) is 4.53. The number of hydrogen-bond acceptors (Lipinski definition) is 6. The zero-order valence-electron chi connectivity index (χ0n) is 12.9. The normalized spacial score (nSPS) is 58.8. The fourth-order valence-corrected chi connectivity index (χ4v) is 5.24. The molecule has 6 nitrogen and oxygen atoms in total. The van der Waals surface area contributed by atoms with Crippen LogP contribution in [0.4, 0.5) is 0 Å². The second-order valence-electron chi connectivity index (χ2n) is 7.55. The van der Waals surface area contributed by atoms with E-state index in [9.17, 15) is 30.6 Å². The van der Waals surface area contributed by atoms with E-state index in [1.54, 1.807) is 0 Å². The molecular weight excluding hydrogens is 288 g/mol. The molecule has 0 aromatic rings. The van der Waals surface area contributed by atoms with Crippen molar-refractivity contribution in [3.8, 4) is 0 Å². The molecular formula is C16H28O6. The van der Waals surface area contributed by atoms with Gasteiger partial charge in [0.2, 0.25) is 0 Å². The smallest absolute Gasteiger partial charge is 0.109 e. The van der Waals surface area contributed by atoms with Gasteiger partial charge < -0.3 is 30.6 Å². The number of rotatable bonds is 1. The molecule has 3 saturated carbocycles. The van der Waals surface area contributed by atoms with E-state index in [4.69, 9.17) is 0 Å². The molecule has 3 rings (SSSR count). The molecule has 3 aliphatic carbocycles. The number of aliphatic hydroxyl groups excluding tert-OH is 6. The molecule has 6 N–H and O–H groups in total. The first-order valence-corrected chi connectivity index (χ1v) is 8.45. The molecule has 0 amide bonds. The molecule has 0 aromatic carbocycles. The summed E-state index contributed by atoms with van der Waals surface area (Å²) in [6, 6.07) is 0. The first kappa shape index (κ1) is 16.6. The predicted molar refractivity (Wildman–Crippen MR) is 77.6 cm³/mol. The Morgan fingerprint density at radius 1 is 0.591 bits per heavy atom. The minimum absolute atomic E-state index is 0.0500. The average Bonchev–Trinajstić information content (AvgIpc) is 2.53. The third-order valence-electron chi connectivity index (χ3n) is 6.60. The average molecular weight is 316 g/mol. The molecule has 3 fully saturated rings. The Bertz CT molecular complexity index is 396. The monoisotopic (exact) mass is 316 g/mol. The van der Waals surface area contributed by atoms with Gasteiger partial charge in [-0.05, 0) is 48.9 Å². The van der Waals surface area contributed by atoms with Gasteiger partial charge in [0.05, 0.1) is 24.4 Å². The molecule has 6 heteroatoms. The van der Waals surface area contributed by atoms with Crippen molar-refractivity contribution in [3.05, 3.63) is 0 Å². The molecule has 3 aliphatic rings. The van der Waals surface area contributed by atoms with Crippen molar-refractivity contribution in [1.29, 1.82) is 0 Å². The molecule has 22 heavy (non-hydrogen) atoms. The molecule has 11 atom stereocenters. The van der Waals surface area contributed by atoms with Crippen LogP contribution in [0.25, 0.3) is 0 Å². The Labute approximate surface area is 130 Å². The van der Waals surface area contributed by atoms with E-state index in [1.807, 2.05) is 6.92 Å². The number of aliphatic hydroxyl groups is 6. The van der Waals surface area contributed by atoms with Gasteiger partial charge in [-0.15, -0.1) is 0 Å². The zero-order valence-corrected chi connectivity index (χ0v) is 12.9. The van der Waals surface area contributed by atoms with Crippen molar-refractivity contribution < 1.29 is 30.6 Å². The molecule has 0 spiro atoms. The van der Waals surface area contributed by atoms with Crippen molar-refractivity contribution in [3.63, 3.8) is 0 Å². The molecule has 0 radical (unpaired) electrons. The van der Waals surface area contributed by atoms with Crippen LogP contribution in [0.3, 0.4) is 0 Å². The quantitative estimate of drug-likeness (QED) is 0.363. The Morgan fingerprint density at radius 3 is 1.55 bits per heavy atom. The summed E-state index contributed by atoms with van der Waals surface area (Å²) in [5.74, 6) is -0.904. The van der Waals surface area contributed by atoms with E-state index >= 15 is 0 Å². The standard InChI is InChI=1S/C16H28O6/c1-2-6-3-11(17)7-4-9-10(5-8(7)12(6)18)14(20)16(22)15(21)13(9)19/h6-22H,2-5H2,1H3. The highest BCUT2D eigenvalue weighted by atomic mass is 16.4. The van der Waals surface area contributed by atoms with E-state index in [1.165, 1.54) is 0 Å². The lowest BCUT2D eigenvalue weighted by molar-refractivity contribution is -0.217. The fraction of sp³-hybridized carbons (Fsp3) is 1.00. The van der Waals surface area contributed by atoms with Gasteiger partial charge in [-0.1, -0.05) is 13.3 Å². The second kappa shape index (κ2) is 6.00. The summed E-state index contributed by atoms with van der Waals surface area (Å²) in [5, 5.41) is 61.3. The second-order valence-corrected chi connectivity index (χ2v) is 7.55. The van der Waals surface area contributed by atoms with Crippen LogP contribution in [-0.4, -0.2) is 67.3 Å². The first-order chi connectivity index (χ1) is 10.4. The zero-order chi connectivity index (χ0) is 16.2. The van der Waals surface area contributed by atoms with Gasteiger partial charge in [0, 0.05) is 0 Å². The third-order valence-corrected chi connectivity index (χ3v) is 6.60. The van der Waals surface area contributed by atoms with Crippen LogP contribution in [0, 0.1) is 29.6 Å². The molecule has 11 unspecified atom stereocenters. The maximum atomic E-state index is 10.6. The summed E-state index contributed by atoms with van der Waals surface area (Å²) in [5.41, 5.74) is 0. The van der Waals surface area contributed by atoms with E-state index in [-0.39, 0.29) is 29.6 Å². The highest BCUT2D eigenvalue weighted by molar-refractivity contribution is 5.06. The van der Waals surface area contributed by atoms with Crippen molar-refractivity contribution in [2.45, 2.75) is 69.2 Å². The largest absolute Gasteiger partial charge is 0.393 e. The lowest BCUT2D eigenvalue weighted by Crippen LogP contribution is -2.63. The lowest BCUT2D eigenvalue weighted by Gasteiger charge is -2.55. The summed E-state index contributed by atoms with van der Waals surface area (Å²) >= 11 is 0. The van der Waals surface area contributed by atoms with E-state index < -0.39 is 36.6 Å². The summed E-state index contributed by atoms with van der Waals surface area (Å²) in [6.07, 6.45) is -3.68. The lowest BCUT2D eigenvalue weighted by atomic mass is 9.54. The summed E-state index contributed by atoms with van der Waals surface area (Å²) in [4.78, 5) is 0. The Balaban J connectivity index is 1.85. The fourth-order valence-electron chi connectivity index (χ4n) is 5.24. The highest BCUT2D eigenvalue weighted by Crippen LogP contribution is 2.51. The van der Waals surface area contributed by atoms with Crippen LogP contribution in [0.1, 0.15) is 32.6 Å². The maximum Gasteiger partial charge on any atom is 0.109 e. The van der Waals surface area contributed by atoms with Crippen molar-refractivity contribution in [1.82, 2.24) is 0 Å². The van der Waals surface area contributed by atoms with Crippen molar-refractivity contribution >= 4 is 0 Å². The minimum atomic E-state index is -1.36. The highest BCUT2D eigenvalue weighted by Gasteiger charge is 2.56. The van der Waals surface area contributed by atoms with Crippen LogP contribution in [0.2, 0.25) is 0 Å². The molecule has 0 bridgehead atoms. The van der Waals surface area contributed by atoms with E-state index in [0.717, 1.165) is 6.42 Å². The Morgan fingerprint density at radius 2 is 1.05 bits per heavy atom. The van der Waals surface area contributed by atoms with Gasteiger partial charge in [0.1, 0.15) is 12.2 Å². The SMILES string of the molecule is CCC1CC(O)C2CC3C(O)C(O)C(O)C(O)C3CC2C1O. The van der Waals surface area contributed by atoms with Gasteiger partial charge in [0.15, 0.2) is 0 Å². The van der Waals surface area contributed by atoms with E-state index in [0.29, 0.717) is 19.3 Å². The van der Waals surface area contributed by atoms with Crippen molar-refractivity contribution in [2.24, 2.45) is 29.6 Å². The minimum Gasteiger partial charge on any atom is -0.393 e. The van der Waals surface area contributed by atoms with Crippen molar-refractivity contribution in [2.75, 3.05) is 0 Å². The van der Waals surface area contributed by atoms with Crippen LogP contribution in [0.15, 0.2) is 0 Å².